The SMILES string of the molecule is Cc1ccc(NC(=O)CCC(C)CCN)cc1C. The van der Waals surface area contributed by atoms with Gasteiger partial charge < -0.3 is 11.1 Å². The minimum absolute atomic E-state index is 0.0853. The van der Waals surface area contributed by atoms with Crippen molar-refractivity contribution in [3.8, 4) is 0 Å². The lowest BCUT2D eigenvalue weighted by Crippen LogP contribution is -2.14. The number of carbonyl (C=O) groups is 1. The number of aryl methyl sites for hydroxylation is 2. The Bertz CT molecular complexity index is 401. The van der Waals surface area contributed by atoms with Crippen LogP contribution in [0.3, 0.4) is 0 Å². The highest BCUT2D eigenvalue weighted by Crippen LogP contribution is 2.15. The molecule has 1 aromatic rings. The van der Waals surface area contributed by atoms with Gasteiger partial charge >= 0.3 is 0 Å². The summed E-state index contributed by atoms with van der Waals surface area (Å²) in [5, 5.41) is 2.94. The van der Waals surface area contributed by atoms with E-state index < -0.39 is 0 Å². The number of anilines is 1. The lowest BCUT2D eigenvalue weighted by molar-refractivity contribution is -0.116. The van der Waals surface area contributed by atoms with Crippen LogP contribution in [-0.4, -0.2) is 12.5 Å². The summed E-state index contributed by atoms with van der Waals surface area (Å²) in [5.41, 5.74) is 8.81. The molecule has 100 valence electrons. The van der Waals surface area contributed by atoms with E-state index in [0.29, 0.717) is 18.9 Å². The number of benzene rings is 1. The van der Waals surface area contributed by atoms with E-state index >= 15 is 0 Å². The Morgan fingerprint density at radius 1 is 1.28 bits per heavy atom. The van der Waals surface area contributed by atoms with Crippen molar-refractivity contribution < 1.29 is 4.79 Å². The summed E-state index contributed by atoms with van der Waals surface area (Å²) < 4.78 is 0. The van der Waals surface area contributed by atoms with Gasteiger partial charge in [0, 0.05) is 12.1 Å². The first-order valence-electron chi connectivity index (χ1n) is 6.60. The van der Waals surface area contributed by atoms with Crippen LogP contribution in [0.2, 0.25) is 0 Å². The van der Waals surface area contributed by atoms with Crippen LogP contribution in [0, 0.1) is 19.8 Å². The molecule has 0 aliphatic heterocycles. The molecule has 0 aliphatic carbocycles. The van der Waals surface area contributed by atoms with Gasteiger partial charge in [0.2, 0.25) is 5.91 Å². The monoisotopic (exact) mass is 248 g/mol. The molecule has 18 heavy (non-hydrogen) atoms. The van der Waals surface area contributed by atoms with E-state index in [1.165, 1.54) is 11.1 Å². The fraction of sp³-hybridized carbons (Fsp3) is 0.533. The second-order valence-corrected chi connectivity index (χ2v) is 5.07. The van der Waals surface area contributed by atoms with E-state index in [4.69, 9.17) is 5.73 Å². The van der Waals surface area contributed by atoms with Gasteiger partial charge in [0.05, 0.1) is 0 Å². The topological polar surface area (TPSA) is 55.1 Å². The molecule has 0 saturated carbocycles. The van der Waals surface area contributed by atoms with Crippen molar-refractivity contribution in [2.24, 2.45) is 11.7 Å². The molecule has 0 spiro atoms. The molecular weight excluding hydrogens is 224 g/mol. The molecule has 3 N–H and O–H groups in total. The van der Waals surface area contributed by atoms with Gasteiger partial charge in [-0.25, -0.2) is 0 Å². The fourth-order valence-electron chi connectivity index (χ4n) is 1.85. The van der Waals surface area contributed by atoms with E-state index in [0.717, 1.165) is 18.5 Å². The molecular formula is C15H24N2O. The summed E-state index contributed by atoms with van der Waals surface area (Å²) in [6.45, 7) is 6.94. The molecule has 0 heterocycles. The van der Waals surface area contributed by atoms with Crippen LogP contribution in [0.1, 0.15) is 37.3 Å². The molecule has 1 aromatic carbocycles. The van der Waals surface area contributed by atoms with Crippen LogP contribution in [-0.2, 0) is 4.79 Å². The highest BCUT2D eigenvalue weighted by Gasteiger charge is 2.07. The largest absolute Gasteiger partial charge is 0.330 e. The van der Waals surface area contributed by atoms with Crippen molar-refractivity contribution in [3.63, 3.8) is 0 Å². The summed E-state index contributed by atoms with van der Waals surface area (Å²) in [4.78, 5) is 11.8. The molecule has 3 nitrogen and oxygen atoms in total. The molecule has 0 fully saturated rings. The minimum atomic E-state index is 0.0853. The Labute approximate surface area is 110 Å². The zero-order chi connectivity index (χ0) is 13.5. The van der Waals surface area contributed by atoms with Crippen molar-refractivity contribution >= 4 is 11.6 Å². The third-order valence-corrected chi connectivity index (χ3v) is 3.31. The highest BCUT2D eigenvalue weighted by atomic mass is 16.1. The maximum Gasteiger partial charge on any atom is 0.224 e. The summed E-state index contributed by atoms with van der Waals surface area (Å²) in [6, 6.07) is 5.99. The Hall–Kier alpha value is -1.35. The van der Waals surface area contributed by atoms with Crippen molar-refractivity contribution in [2.75, 3.05) is 11.9 Å². The van der Waals surface area contributed by atoms with Crippen LogP contribution in [0.4, 0.5) is 5.69 Å². The Morgan fingerprint density at radius 2 is 2.00 bits per heavy atom. The van der Waals surface area contributed by atoms with Crippen molar-refractivity contribution in [2.45, 2.75) is 40.0 Å². The van der Waals surface area contributed by atoms with Gasteiger partial charge in [0.1, 0.15) is 0 Å². The molecule has 0 aliphatic rings. The van der Waals surface area contributed by atoms with E-state index in [2.05, 4.69) is 19.2 Å². The van der Waals surface area contributed by atoms with Gasteiger partial charge in [0.15, 0.2) is 0 Å². The van der Waals surface area contributed by atoms with E-state index in [-0.39, 0.29) is 5.91 Å². The normalized spacial score (nSPS) is 12.2. The van der Waals surface area contributed by atoms with Crippen LogP contribution < -0.4 is 11.1 Å². The van der Waals surface area contributed by atoms with Gasteiger partial charge in [-0.05, 0) is 62.4 Å². The maximum absolute atomic E-state index is 11.8. The lowest BCUT2D eigenvalue weighted by atomic mass is 10.0. The smallest absolute Gasteiger partial charge is 0.224 e. The van der Waals surface area contributed by atoms with Gasteiger partial charge in [-0.2, -0.15) is 0 Å². The fourth-order valence-corrected chi connectivity index (χ4v) is 1.85. The summed E-state index contributed by atoms with van der Waals surface area (Å²) in [6.07, 6.45) is 2.44. The Balaban J connectivity index is 2.42. The molecule has 1 amide bonds. The number of hydrogen-bond acceptors (Lipinski definition) is 2. The second kappa shape index (κ2) is 7.17. The zero-order valence-electron chi connectivity index (χ0n) is 11.6. The molecule has 1 unspecified atom stereocenters. The number of carbonyl (C=O) groups excluding carboxylic acids is 1. The zero-order valence-corrected chi connectivity index (χ0v) is 11.6. The minimum Gasteiger partial charge on any atom is -0.330 e. The van der Waals surface area contributed by atoms with E-state index in [9.17, 15) is 4.79 Å². The number of rotatable bonds is 6. The number of nitrogens with one attached hydrogen (secondary N) is 1. The van der Waals surface area contributed by atoms with Crippen LogP contribution in [0.15, 0.2) is 18.2 Å². The van der Waals surface area contributed by atoms with Gasteiger partial charge in [-0.15, -0.1) is 0 Å². The Morgan fingerprint density at radius 3 is 2.61 bits per heavy atom. The van der Waals surface area contributed by atoms with E-state index in [1.54, 1.807) is 0 Å². The molecule has 0 aromatic heterocycles. The molecule has 1 atom stereocenters. The van der Waals surface area contributed by atoms with E-state index in [1.807, 2.05) is 25.1 Å². The quantitative estimate of drug-likeness (QED) is 0.813. The molecule has 1 rings (SSSR count). The van der Waals surface area contributed by atoms with Crippen molar-refractivity contribution in [1.82, 2.24) is 0 Å². The van der Waals surface area contributed by atoms with Gasteiger partial charge in [0.25, 0.3) is 0 Å². The van der Waals surface area contributed by atoms with Crippen LogP contribution in [0.5, 0.6) is 0 Å². The Kier molecular flexibility index (Phi) is 5.86. The van der Waals surface area contributed by atoms with Crippen LogP contribution >= 0.6 is 0 Å². The summed E-state index contributed by atoms with van der Waals surface area (Å²) >= 11 is 0. The maximum atomic E-state index is 11.8. The summed E-state index contributed by atoms with van der Waals surface area (Å²) in [5.74, 6) is 0.600. The average molecular weight is 248 g/mol. The molecule has 0 bridgehead atoms. The summed E-state index contributed by atoms with van der Waals surface area (Å²) in [7, 11) is 0. The van der Waals surface area contributed by atoms with Gasteiger partial charge in [-0.1, -0.05) is 13.0 Å². The lowest BCUT2D eigenvalue weighted by Gasteiger charge is -2.10. The van der Waals surface area contributed by atoms with Crippen molar-refractivity contribution in [3.05, 3.63) is 29.3 Å². The molecule has 0 radical (unpaired) electrons. The first kappa shape index (κ1) is 14.7. The van der Waals surface area contributed by atoms with Crippen LogP contribution in [0.25, 0.3) is 0 Å². The third kappa shape index (κ3) is 4.88. The molecule has 0 saturated heterocycles. The molecule has 3 heteroatoms. The van der Waals surface area contributed by atoms with Gasteiger partial charge in [-0.3, -0.25) is 4.79 Å². The predicted octanol–water partition coefficient (Wildman–Crippen LogP) is 3.01. The predicted molar refractivity (Wildman–Crippen MR) is 76.6 cm³/mol. The highest BCUT2D eigenvalue weighted by molar-refractivity contribution is 5.90. The second-order valence-electron chi connectivity index (χ2n) is 5.07. The third-order valence-electron chi connectivity index (χ3n) is 3.31. The first-order valence-corrected chi connectivity index (χ1v) is 6.60. The number of hydrogen-bond donors (Lipinski definition) is 2. The number of nitrogens with two attached hydrogens (primary N) is 1. The first-order chi connectivity index (χ1) is 8.52. The van der Waals surface area contributed by atoms with Crippen molar-refractivity contribution in [1.29, 1.82) is 0 Å². The standard InChI is InChI=1S/C15H24N2O/c1-11(8-9-16)4-7-15(18)17-14-6-5-12(2)13(3)10-14/h5-6,10-11H,4,7-9,16H2,1-3H3,(H,17,18). The number of amides is 1. The average Bonchev–Trinajstić information content (AvgIpc) is 2.32.